The highest BCUT2D eigenvalue weighted by Gasteiger charge is 2.24. The minimum absolute atomic E-state index is 0.937. The van der Waals surface area contributed by atoms with E-state index in [1.165, 1.54) is 39.0 Å². The molecule has 0 amide bonds. The highest BCUT2D eigenvalue weighted by atomic mass is 15.1. The Hall–Kier alpha value is -2.71. The molecule has 2 nitrogen and oxygen atoms in total. The van der Waals surface area contributed by atoms with Crippen LogP contribution in [0.25, 0.3) is 5.57 Å². The monoisotopic (exact) mass is 396 g/mol. The molecule has 0 saturated carbocycles. The lowest BCUT2D eigenvalue weighted by Gasteiger charge is -2.31. The number of hydrogen-bond donors (Lipinski definition) is 0. The maximum absolute atomic E-state index is 4.46. The average Bonchev–Trinajstić information content (AvgIpc) is 2.86. The molecule has 1 aliphatic carbocycles. The molecule has 1 aromatic heterocycles. The molecule has 1 saturated heterocycles. The summed E-state index contributed by atoms with van der Waals surface area (Å²) in [5.41, 5.74) is 12.3. The van der Waals surface area contributed by atoms with Crippen LogP contribution in [0, 0.1) is 6.92 Å². The summed E-state index contributed by atoms with van der Waals surface area (Å²) >= 11 is 0. The number of aromatic nitrogens is 1. The van der Waals surface area contributed by atoms with E-state index in [4.69, 9.17) is 0 Å². The first-order valence-corrected chi connectivity index (χ1v) is 11.0. The first-order valence-electron chi connectivity index (χ1n) is 11.0. The van der Waals surface area contributed by atoms with Crippen LogP contribution in [0.2, 0.25) is 0 Å². The van der Waals surface area contributed by atoms with Crippen molar-refractivity contribution in [2.45, 2.75) is 46.6 Å². The van der Waals surface area contributed by atoms with Gasteiger partial charge in [0.05, 0.1) is 0 Å². The molecule has 0 radical (unpaired) electrons. The molecule has 2 heterocycles. The fourth-order valence-electron chi connectivity index (χ4n) is 4.72. The molecular formula is C28H32N2. The highest BCUT2D eigenvalue weighted by molar-refractivity contribution is 5.88. The van der Waals surface area contributed by atoms with Crippen LogP contribution in [0.15, 0.2) is 83.6 Å². The molecule has 0 bridgehead atoms. The van der Waals surface area contributed by atoms with Gasteiger partial charge in [-0.1, -0.05) is 54.6 Å². The van der Waals surface area contributed by atoms with E-state index in [2.05, 4.69) is 79.7 Å². The van der Waals surface area contributed by atoms with Gasteiger partial charge in [0.25, 0.3) is 0 Å². The molecule has 1 aromatic carbocycles. The number of nitrogens with zero attached hydrogens (tertiary/aromatic N) is 2. The summed E-state index contributed by atoms with van der Waals surface area (Å²) in [6.45, 7) is 14.1. The minimum atomic E-state index is 0.937. The van der Waals surface area contributed by atoms with Gasteiger partial charge in [-0.05, 0) is 85.1 Å². The maximum Gasteiger partial charge on any atom is 0.0417 e. The molecule has 0 N–H and O–H groups in total. The Balaban J connectivity index is 1.68. The molecule has 4 rings (SSSR count). The minimum Gasteiger partial charge on any atom is -0.298 e. The van der Waals surface area contributed by atoms with Gasteiger partial charge >= 0.3 is 0 Å². The van der Waals surface area contributed by atoms with Crippen LogP contribution in [-0.4, -0.2) is 23.0 Å². The SMILES string of the molecule is C=C1Cc2ccccc2C(=C2CCN(Cc3cccnc3C)CC2)C(/C=C\C)=C1C. The number of aryl methyl sites for hydroxylation is 1. The number of piperidine rings is 1. The normalized spacial score (nSPS) is 18.2. The van der Waals surface area contributed by atoms with Gasteiger partial charge in [-0.2, -0.15) is 0 Å². The van der Waals surface area contributed by atoms with E-state index in [-0.39, 0.29) is 0 Å². The summed E-state index contributed by atoms with van der Waals surface area (Å²) in [6.07, 6.45) is 9.50. The number of benzene rings is 1. The second-order valence-corrected chi connectivity index (χ2v) is 8.48. The molecule has 1 aliphatic heterocycles. The third-order valence-electron chi connectivity index (χ3n) is 6.55. The maximum atomic E-state index is 4.46. The van der Waals surface area contributed by atoms with E-state index in [0.717, 1.165) is 44.6 Å². The second kappa shape index (κ2) is 8.97. The van der Waals surface area contributed by atoms with Crippen molar-refractivity contribution in [1.82, 2.24) is 9.88 Å². The van der Waals surface area contributed by atoms with Crippen molar-refractivity contribution in [3.8, 4) is 0 Å². The first kappa shape index (κ1) is 20.6. The number of pyridine rings is 1. The van der Waals surface area contributed by atoms with Gasteiger partial charge in [0, 0.05) is 31.5 Å². The first-order chi connectivity index (χ1) is 14.6. The molecular weight excluding hydrogens is 364 g/mol. The van der Waals surface area contributed by atoms with Gasteiger partial charge in [0.1, 0.15) is 0 Å². The van der Waals surface area contributed by atoms with Crippen molar-refractivity contribution in [3.05, 3.63) is 106 Å². The quantitative estimate of drug-likeness (QED) is 0.593. The van der Waals surface area contributed by atoms with Crippen LogP contribution in [0.1, 0.15) is 49.1 Å². The van der Waals surface area contributed by atoms with Crippen LogP contribution in [0.5, 0.6) is 0 Å². The number of fused-ring (bicyclic) bond motifs is 1. The standard InChI is InChI=1S/C28H32N2/c1-5-9-26-21(3)20(2)18-24-10-6-7-12-27(24)28(26)23-13-16-30(17-14-23)19-25-11-8-15-29-22(25)4/h5-12,15H,2,13-14,16-19H2,1,3-4H3/b9-5-. The van der Waals surface area contributed by atoms with Crippen LogP contribution in [0.4, 0.5) is 0 Å². The molecule has 2 aliphatic rings. The Morgan fingerprint density at radius 1 is 1.07 bits per heavy atom. The van der Waals surface area contributed by atoms with Crippen molar-refractivity contribution in [2.24, 2.45) is 0 Å². The third-order valence-corrected chi connectivity index (χ3v) is 6.55. The van der Waals surface area contributed by atoms with Crippen molar-refractivity contribution >= 4 is 5.57 Å². The van der Waals surface area contributed by atoms with Crippen molar-refractivity contribution in [1.29, 1.82) is 0 Å². The summed E-state index contributed by atoms with van der Waals surface area (Å²) in [5, 5.41) is 0. The molecule has 2 heteroatoms. The molecule has 0 atom stereocenters. The zero-order valence-corrected chi connectivity index (χ0v) is 18.5. The van der Waals surface area contributed by atoms with E-state index >= 15 is 0 Å². The Kier molecular flexibility index (Phi) is 6.15. The lowest BCUT2D eigenvalue weighted by molar-refractivity contribution is 0.248. The van der Waals surface area contributed by atoms with Crippen molar-refractivity contribution < 1.29 is 0 Å². The summed E-state index contributed by atoms with van der Waals surface area (Å²) in [7, 11) is 0. The lowest BCUT2D eigenvalue weighted by atomic mass is 9.85. The second-order valence-electron chi connectivity index (χ2n) is 8.48. The number of allylic oxidation sites excluding steroid dienone is 6. The fraction of sp³-hybridized carbons (Fsp3) is 0.321. The van der Waals surface area contributed by atoms with Gasteiger partial charge in [0.15, 0.2) is 0 Å². The molecule has 154 valence electrons. The van der Waals surface area contributed by atoms with Gasteiger partial charge in [0.2, 0.25) is 0 Å². The Morgan fingerprint density at radius 3 is 2.57 bits per heavy atom. The third kappa shape index (κ3) is 4.11. The van der Waals surface area contributed by atoms with Gasteiger partial charge < -0.3 is 0 Å². The van der Waals surface area contributed by atoms with Crippen LogP contribution < -0.4 is 0 Å². The summed E-state index contributed by atoms with van der Waals surface area (Å²) < 4.78 is 0. The summed E-state index contributed by atoms with van der Waals surface area (Å²) in [4.78, 5) is 7.03. The van der Waals surface area contributed by atoms with Gasteiger partial charge in [-0.3, -0.25) is 9.88 Å². The molecule has 1 fully saturated rings. The van der Waals surface area contributed by atoms with E-state index in [0.29, 0.717) is 0 Å². The molecule has 0 unspecified atom stereocenters. The fourth-order valence-corrected chi connectivity index (χ4v) is 4.72. The van der Waals surface area contributed by atoms with E-state index < -0.39 is 0 Å². The largest absolute Gasteiger partial charge is 0.298 e. The molecule has 0 spiro atoms. The zero-order chi connectivity index (χ0) is 21.1. The zero-order valence-electron chi connectivity index (χ0n) is 18.5. The van der Waals surface area contributed by atoms with Gasteiger partial charge in [-0.25, -0.2) is 0 Å². The number of rotatable bonds is 3. The van der Waals surface area contributed by atoms with Crippen LogP contribution >= 0.6 is 0 Å². The van der Waals surface area contributed by atoms with Crippen LogP contribution in [-0.2, 0) is 13.0 Å². The Morgan fingerprint density at radius 2 is 1.83 bits per heavy atom. The number of hydrogen-bond acceptors (Lipinski definition) is 2. The predicted molar refractivity (Wildman–Crippen MR) is 127 cm³/mol. The number of likely N-dealkylation sites (tertiary alicyclic amines) is 1. The van der Waals surface area contributed by atoms with E-state index in [1.54, 1.807) is 5.57 Å². The summed E-state index contributed by atoms with van der Waals surface area (Å²) in [5.74, 6) is 0. The summed E-state index contributed by atoms with van der Waals surface area (Å²) in [6, 6.07) is 13.2. The van der Waals surface area contributed by atoms with E-state index in [9.17, 15) is 0 Å². The molecule has 2 aromatic rings. The van der Waals surface area contributed by atoms with Crippen molar-refractivity contribution in [3.63, 3.8) is 0 Å². The lowest BCUT2D eigenvalue weighted by Crippen LogP contribution is -2.31. The molecule has 30 heavy (non-hydrogen) atoms. The Labute approximate surface area is 181 Å². The topological polar surface area (TPSA) is 16.1 Å². The smallest absolute Gasteiger partial charge is 0.0417 e. The predicted octanol–water partition coefficient (Wildman–Crippen LogP) is 6.44. The van der Waals surface area contributed by atoms with Crippen molar-refractivity contribution in [2.75, 3.05) is 13.1 Å². The Bertz CT molecular complexity index is 1040. The van der Waals surface area contributed by atoms with Crippen LogP contribution in [0.3, 0.4) is 0 Å². The highest BCUT2D eigenvalue weighted by Crippen LogP contribution is 2.41. The average molecular weight is 397 g/mol. The van der Waals surface area contributed by atoms with Gasteiger partial charge in [-0.15, -0.1) is 0 Å². The van der Waals surface area contributed by atoms with E-state index in [1.807, 2.05) is 12.3 Å².